The number of rotatable bonds is 3. The molecule has 1 aromatic carbocycles. The molecule has 0 saturated carbocycles. The highest BCUT2D eigenvalue weighted by Gasteiger charge is 2.16. The van der Waals surface area contributed by atoms with E-state index in [2.05, 4.69) is 15.3 Å². The Morgan fingerprint density at radius 1 is 1.19 bits per heavy atom. The van der Waals surface area contributed by atoms with Crippen LogP contribution in [-0.2, 0) is 24.2 Å². The molecule has 8 heteroatoms. The zero-order valence-corrected chi connectivity index (χ0v) is 14.3. The lowest BCUT2D eigenvalue weighted by atomic mass is 9.95. The van der Waals surface area contributed by atoms with Crippen LogP contribution < -0.4 is 10.9 Å². The predicted molar refractivity (Wildman–Crippen MR) is 95.4 cm³/mol. The molecule has 3 aromatic rings. The first kappa shape index (κ1) is 17.3. The summed E-state index contributed by atoms with van der Waals surface area (Å²) >= 11 is 0. The van der Waals surface area contributed by atoms with Crippen LogP contribution in [0.4, 0.5) is 14.5 Å². The molecule has 0 saturated heterocycles. The molecule has 1 N–H and O–H groups in total. The lowest BCUT2D eigenvalue weighted by molar-refractivity contribution is -0.116. The highest BCUT2D eigenvalue weighted by molar-refractivity contribution is 5.90. The smallest absolute Gasteiger partial charge is 0.263 e. The zero-order chi connectivity index (χ0) is 19.0. The lowest BCUT2D eigenvalue weighted by Gasteiger charge is -2.15. The number of amides is 1. The van der Waals surface area contributed by atoms with Crippen molar-refractivity contribution < 1.29 is 13.6 Å². The fraction of sp³-hybridized carbons (Fsp3) is 0.263. The Balaban J connectivity index is 1.62. The molecule has 1 amide bonds. The standard InChI is InChI=1S/C19H16F2N4O2/c20-12-5-6-14(21)16(8-12)23-17(26)9-25-10-22-18-13(19(25)27)7-11-3-1-2-4-15(11)24-18/h5-8,10H,1-4,9H2,(H,23,26). The van der Waals surface area contributed by atoms with Gasteiger partial charge in [0.1, 0.15) is 24.5 Å². The molecule has 0 spiro atoms. The van der Waals surface area contributed by atoms with Crippen molar-refractivity contribution in [3.63, 3.8) is 0 Å². The Morgan fingerprint density at radius 3 is 2.85 bits per heavy atom. The van der Waals surface area contributed by atoms with E-state index >= 15 is 0 Å². The first-order chi connectivity index (χ1) is 13.0. The monoisotopic (exact) mass is 370 g/mol. The molecule has 1 aliphatic rings. The number of fused-ring (bicyclic) bond motifs is 2. The van der Waals surface area contributed by atoms with Gasteiger partial charge >= 0.3 is 0 Å². The van der Waals surface area contributed by atoms with E-state index in [0.29, 0.717) is 11.0 Å². The Labute approximate surface area is 152 Å². The summed E-state index contributed by atoms with van der Waals surface area (Å²) < 4.78 is 28.0. The molecule has 2 aromatic heterocycles. The first-order valence-corrected chi connectivity index (χ1v) is 8.64. The van der Waals surface area contributed by atoms with E-state index in [1.165, 1.54) is 6.33 Å². The van der Waals surface area contributed by atoms with Gasteiger partial charge in [0, 0.05) is 11.8 Å². The van der Waals surface area contributed by atoms with Crippen molar-refractivity contribution in [3.8, 4) is 0 Å². The van der Waals surface area contributed by atoms with Gasteiger partial charge in [-0.2, -0.15) is 0 Å². The molecule has 0 bridgehead atoms. The van der Waals surface area contributed by atoms with Crippen LogP contribution in [-0.4, -0.2) is 20.4 Å². The highest BCUT2D eigenvalue weighted by atomic mass is 19.1. The zero-order valence-electron chi connectivity index (χ0n) is 14.3. The predicted octanol–water partition coefficient (Wildman–Crippen LogP) is 2.59. The van der Waals surface area contributed by atoms with Crippen LogP contribution in [0.5, 0.6) is 0 Å². The van der Waals surface area contributed by atoms with Gasteiger partial charge < -0.3 is 5.32 Å². The molecule has 6 nitrogen and oxygen atoms in total. The maximum absolute atomic E-state index is 13.6. The van der Waals surface area contributed by atoms with Crippen molar-refractivity contribution >= 4 is 22.6 Å². The number of aromatic nitrogens is 3. The number of carbonyl (C=O) groups is 1. The van der Waals surface area contributed by atoms with E-state index in [1.54, 1.807) is 6.07 Å². The van der Waals surface area contributed by atoms with E-state index in [1.807, 2.05) is 0 Å². The third kappa shape index (κ3) is 3.42. The van der Waals surface area contributed by atoms with Crippen molar-refractivity contribution in [1.29, 1.82) is 0 Å². The van der Waals surface area contributed by atoms with Crippen molar-refractivity contribution in [2.45, 2.75) is 32.2 Å². The molecule has 0 unspecified atom stereocenters. The summed E-state index contributed by atoms with van der Waals surface area (Å²) in [7, 11) is 0. The van der Waals surface area contributed by atoms with Crippen LogP contribution in [0, 0.1) is 11.6 Å². The summed E-state index contributed by atoms with van der Waals surface area (Å²) in [5.74, 6) is -2.09. The van der Waals surface area contributed by atoms with Gasteiger partial charge in [0.2, 0.25) is 5.91 Å². The van der Waals surface area contributed by atoms with Gasteiger partial charge in [-0.3, -0.25) is 14.2 Å². The number of nitrogens with zero attached hydrogens (tertiary/aromatic N) is 3. The summed E-state index contributed by atoms with van der Waals surface area (Å²) in [6.45, 7) is -0.366. The number of aryl methyl sites for hydroxylation is 2. The molecule has 0 radical (unpaired) electrons. The topological polar surface area (TPSA) is 76.9 Å². The van der Waals surface area contributed by atoms with Gasteiger partial charge in [-0.05, 0) is 49.4 Å². The minimum atomic E-state index is -0.760. The Morgan fingerprint density at radius 2 is 2.00 bits per heavy atom. The van der Waals surface area contributed by atoms with Crippen molar-refractivity contribution in [2.24, 2.45) is 0 Å². The van der Waals surface area contributed by atoms with E-state index in [4.69, 9.17) is 0 Å². The summed E-state index contributed by atoms with van der Waals surface area (Å²) in [4.78, 5) is 33.5. The van der Waals surface area contributed by atoms with Gasteiger partial charge in [0.25, 0.3) is 5.56 Å². The Hall–Kier alpha value is -3.16. The number of benzene rings is 1. The van der Waals surface area contributed by atoms with Crippen LogP contribution >= 0.6 is 0 Å². The van der Waals surface area contributed by atoms with E-state index in [-0.39, 0.29) is 12.2 Å². The molecule has 0 atom stereocenters. The van der Waals surface area contributed by atoms with Crippen LogP contribution in [0.15, 0.2) is 35.4 Å². The van der Waals surface area contributed by atoms with Crippen molar-refractivity contribution in [3.05, 3.63) is 63.8 Å². The number of nitrogens with one attached hydrogen (secondary N) is 1. The molecule has 2 heterocycles. The fourth-order valence-corrected chi connectivity index (χ4v) is 3.26. The molecular formula is C19H16F2N4O2. The summed E-state index contributed by atoms with van der Waals surface area (Å²) in [6.07, 6.45) is 5.10. The number of pyridine rings is 1. The molecule has 4 rings (SSSR count). The maximum atomic E-state index is 13.6. The van der Waals surface area contributed by atoms with Gasteiger partial charge in [0.05, 0.1) is 11.1 Å². The second kappa shape index (κ2) is 6.86. The number of anilines is 1. The SMILES string of the molecule is O=C(Cn1cnc2nc3c(cc2c1=O)CCCC3)Nc1cc(F)ccc1F. The minimum Gasteiger partial charge on any atom is -0.322 e. The van der Waals surface area contributed by atoms with Crippen molar-refractivity contribution in [1.82, 2.24) is 14.5 Å². The number of hydrogen-bond acceptors (Lipinski definition) is 4. The van der Waals surface area contributed by atoms with Crippen molar-refractivity contribution in [2.75, 3.05) is 5.32 Å². The maximum Gasteiger partial charge on any atom is 0.263 e. The number of hydrogen-bond donors (Lipinski definition) is 1. The first-order valence-electron chi connectivity index (χ1n) is 8.64. The molecule has 0 fully saturated rings. The molecule has 1 aliphatic carbocycles. The number of halogens is 2. The van der Waals surface area contributed by atoms with Gasteiger partial charge in [-0.15, -0.1) is 0 Å². The quantitative estimate of drug-likeness (QED) is 0.769. The van der Waals surface area contributed by atoms with Gasteiger partial charge in [0.15, 0.2) is 5.65 Å². The average Bonchev–Trinajstić information content (AvgIpc) is 2.66. The van der Waals surface area contributed by atoms with Gasteiger partial charge in [-0.1, -0.05) is 0 Å². The fourth-order valence-electron chi connectivity index (χ4n) is 3.26. The molecule has 0 aliphatic heterocycles. The van der Waals surface area contributed by atoms with E-state index in [9.17, 15) is 18.4 Å². The molecule has 138 valence electrons. The van der Waals surface area contributed by atoms with Crippen LogP contribution in [0.25, 0.3) is 11.0 Å². The summed E-state index contributed by atoms with van der Waals surface area (Å²) in [5, 5.41) is 2.62. The van der Waals surface area contributed by atoms with E-state index in [0.717, 1.165) is 59.7 Å². The van der Waals surface area contributed by atoms with Crippen LogP contribution in [0.2, 0.25) is 0 Å². The summed E-state index contributed by atoms with van der Waals surface area (Å²) in [5.41, 5.74) is 1.69. The largest absolute Gasteiger partial charge is 0.322 e. The van der Waals surface area contributed by atoms with E-state index < -0.39 is 23.1 Å². The minimum absolute atomic E-state index is 0.280. The molecular weight excluding hydrogens is 354 g/mol. The normalized spacial score (nSPS) is 13.4. The van der Waals surface area contributed by atoms with Gasteiger partial charge in [-0.25, -0.2) is 18.7 Å². The summed E-state index contributed by atoms with van der Waals surface area (Å²) in [6, 6.07) is 4.55. The third-order valence-electron chi connectivity index (χ3n) is 4.61. The van der Waals surface area contributed by atoms with Crippen LogP contribution in [0.1, 0.15) is 24.1 Å². The lowest BCUT2D eigenvalue weighted by Crippen LogP contribution is -2.28. The second-order valence-corrected chi connectivity index (χ2v) is 6.52. The molecule has 27 heavy (non-hydrogen) atoms. The third-order valence-corrected chi connectivity index (χ3v) is 4.61. The number of carbonyl (C=O) groups excluding carboxylic acids is 1. The highest BCUT2D eigenvalue weighted by Crippen LogP contribution is 2.21. The Kier molecular flexibility index (Phi) is 4.39. The van der Waals surface area contributed by atoms with Crippen LogP contribution in [0.3, 0.4) is 0 Å². The average molecular weight is 370 g/mol. The second-order valence-electron chi connectivity index (χ2n) is 6.52. The Bertz CT molecular complexity index is 1110.